The highest BCUT2D eigenvalue weighted by Crippen LogP contribution is 2.15. The van der Waals surface area contributed by atoms with Crippen molar-refractivity contribution in [1.82, 2.24) is 14.5 Å². The van der Waals surface area contributed by atoms with Crippen LogP contribution in [0.4, 0.5) is 0 Å². The number of carbonyl (C=O) groups excluding carboxylic acids is 2. The molecule has 0 fully saturated rings. The van der Waals surface area contributed by atoms with E-state index in [1.165, 1.54) is 11.8 Å². The Morgan fingerprint density at radius 2 is 2.11 bits per heavy atom. The van der Waals surface area contributed by atoms with Crippen molar-refractivity contribution in [3.05, 3.63) is 39.8 Å². The van der Waals surface area contributed by atoms with Crippen LogP contribution in [0.15, 0.2) is 23.0 Å². The van der Waals surface area contributed by atoms with Crippen LogP contribution in [0.3, 0.4) is 0 Å². The van der Waals surface area contributed by atoms with Crippen LogP contribution in [-0.2, 0) is 16.1 Å². The maximum Gasteiger partial charge on any atom is 0.338 e. The van der Waals surface area contributed by atoms with E-state index in [0.29, 0.717) is 23.3 Å². The van der Waals surface area contributed by atoms with Crippen LogP contribution >= 0.6 is 0 Å². The standard InChI is InChI=1S/C19H22N4O4/c1-5-23-16-8-7-14(11-15(16)21-12(2)17(23)24)19(26)27-13(3)18(25)22(4)10-6-9-20/h7-8,11,13H,5-6,10H2,1-4H3/t13-/m1/s1. The highest BCUT2D eigenvalue weighted by Gasteiger charge is 2.22. The lowest BCUT2D eigenvalue weighted by atomic mass is 10.2. The molecule has 8 heteroatoms. The number of fused-ring (bicyclic) bond motifs is 1. The zero-order valence-electron chi connectivity index (χ0n) is 15.9. The van der Waals surface area contributed by atoms with Gasteiger partial charge in [0, 0.05) is 20.1 Å². The number of aromatic nitrogens is 2. The molecule has 0 aliphatic carbocycles. The highest BCUT2D eigenvalue weighted by molar-refractivity contribution is 5.95. The number of aryl methyl sites for hydroxylation is 2. The molecule has 8 nitrogen and oxygen atoms in total. The zero-order valence-corrected chi connectivity index (χ0v) is 15.9. The van der Waals surface area contributed by atoms with Gasteiger partial charge in [-0.15, -0.1) is 0 Å². The number of nitriles is 1. The molecule has 1 aromatic carbocycles. The van der Waals surface area contributed by atoms with Crippen molar-refractivity contribution in [2.75, 3.05) is 13.6 Å². The molecule has 0 spiro atoms. The van der Waals surface area contributed by atoms with Gasteiger partial charge in [0.05, 0.1) is 29.1 Å². The molecular formula is C19H22N4O4. The lowest BCUT2D eigenvalue weighted by Gasteiger charge is -2.20. The van der Waals surface area contributed by atoms with Crippen LogP contribution in [0.25, 0.3) is 11.0 Å². The summed E-state index contributed by atoms with van der Waals surface area (Å²) in [4.78, 5) is 42.3. The highest BCUT2D eigenvalue weighted by atomic mass is 16.5. The van der Waals surface area contributed by atoms with Gasteiger partial charge in [-0.2, -0.15) is 5.26 Å². The maximum atomic E-state index is 12.4. The first-order valence-electron chi connectivity index (χ1n) is 8.64. The van der Waals surface area contributed by atoms with Gasteiger partial charge in [-0.25, -0.2) is 9.78 Å². The number of benzene rings is 1. The van der Waals surface area contributed by atoms with Gasteiger partial charge in [-0.05, 0) is 39.0 Å². The molecule has 0 saturated carbocycles. The molecule has 0 aliphatic rings. The Labute approximate surface area is 157 Å². The summed E-state index contributed by atoms with van der Waals surface area (Å²) in [7, 11) is 1.55. The Balaban J connectivity index is 2.23. The van der Waals surface area contributed by atoms with E-state index in [1.54, 1.807) is 36.7 Å². The Kier molecular flexibility index (Phi) is 6.29. The van der Waals surface area contributed by atoms with Gasteiger partial charge in [0.15, 0.2) is 6.10 Å². The summed E-state index contributed by atoms with van der Waals surface area (Å²) in [6.07, 6.45) is -0.770. The van der Waals surface area contributed by atoms with Crippen LogP contribution < -0.4 is 5.56 Å². The van der Waals surface area contributed by atoms with E-state index < -0.39 is 12.1 Å². The van der Waals surface area contributed by atoms with E-state index in [0.717, 1.165) is 0 Å². The molecule has 0 N–H and O–H groups in total. The number of rotatable bonds is 6. The second kappa shape index (κ2) is 8.45. The lowest BCUT2D eigenvalue weighted by Crippen LogP contribution is -2.37. The second-order valence-electron chi connectivity index (χ2n) is 6.17. The van der Waals surface area contributed by atoms with Crippen LogP contribution in [0.2, 0.25) is 0 Å². The minimum atomic E-state index is -0.976. The van der Waals surface area contributed by atoms with Gasteiger partial charge in [-0.3, -0.25) is 9.59 Å². The third-order valence-corrected chi connectivity index (χ3v) is 4.23. The van der Waals surface area contributed by atoms with Gasteiger partial charge < -0.3 is 14.2 Å². The summed E-state index contributed by atoms with van der Waals surface area (Å²) < 4.78 is 6.84. The number of amides is 1. The third kappa shape index (κ3) is 4.31. The number of likely N-dealkylation sites (N-methyl/N-ethyl adjacent to an activating group) is 1. The van der Waals surface area contributed by atoms with E-state index >= 15 is 0 Å². The predicted octanol–water partition coefficient (Wildman–Crippen LogP) is 1.64. The molecule has 0 radical (unpaired) electrons. The minimum Gasteiger partial charge on any atom is -0.449 e. The molecule has 142 valence electrons. The normalized spacial score (nSPS) is 11.7. The number of carbonyl (C=O) groups is 2. The van der Waals surface area contributed by atoms with Gasteiger partial charge in [0.2, 0.25) is 0 Å². The van der Waals surface area contributed by atoms with Crippen LogP contribution in [0.5, 0.6) is 0 Å². The smallest absolute Gasteiger partial charge is 0.338 e. The first-order chi connectivity index (χ1) is 12.8. The Bertz CT molecular complexity index is 974. The topological polar surface area (TPSA) is 105 Å². The Hall–Kier alpha value is -3.21. The molecule has 0 unspecified atom stereocenters. The summed E-state index contributed by atoms with van der Waals surface area (Å²) in [5.41, 5.74) is 1.56. The first kappa shape index (κ1) is 20.1. The molecule has 2 aromatic rings. The molecule has 1 heterocycles. The molecule has 1 aromatic heterocycles. The quantitative estimate of drug-likeness (QED) is 0.716. The van der Waals surface area contributed by atoms with Gasteiger partial charge in [0.25, 0.3) is 11.5 Å². The van der Waals surface area contributed by atoms with E-state index in [4.69, 9.17) is 10.00 Å². The predicted molar refractivity (Wildman–Crippen MR) is 99.2 cm³/mol. The van der Waals surface area contributed by atoms with Gasteiger partial charge in [-0.1, -0.05) is 0 Å². The number of hydrogen-bond donors (Lipinski definition) is 0. The van der Waals surface area contributed by atoms with Crippen molar-refractivity contribution in [2.45, 2.75) is 39.8 Å². The number of ether oxygens (including phenoxy) is 1. The van der Waals surface area contributed by atoms with Crippen molar-refractivity contribution in [2.24, 2.45) is 0 Å². The molecule has 0 aliphatic heterocycles. The molecule has 1 amide bonds. The molecular weight excluding hydrogens is 348 g/mol. The number of esters is 1. The van der Waals surface area contributed by atoms with Crippen LogP contribution in [0.1, 0.15) is 36.3 Å². The minimum absolute atomic E-state index is 0.167. The third-order valence-electron chi connectivity index (χ3n) is 4.23. The van der Waals surface area contributed by atoms with Gasteiger partial charge in [0.1, 0.15) is 5.69 Å². The van der Waals surface area contributed by atoms with E-state index in [-0.39, 0.29) is 30.0 Å². The summed E-state index contributed by atoms with van der Waals surface area (Å²) in [6, 6.07) is 6.70. The van der Waals surface area contributed by atoms with Crippen LogP contribution in [-0.4, -0.2) is 46.0 Å². The maximum absolute atomic E-state index is 12.4. The molecule has 27 heavy (non-hydrogen) atoms. The number of nitrogens with zero attached hydrogens (tertiary/aromatic N) is 4. The summed E-state index contributed by atoms with van der Waals surface area (Å²) in [5, 5.41) is 8.59. The van der Waals surface area contributed by atoms with E-state index in [9.17, 15) is 14.4 Å². The Morgan fingerprint density at radius 3 is 2.74 bits per heavy atom. The SMILES string of the molecule is CCn1c(=O)c(C)nc2cc(C(=O)O[C@H](C)C(=O)N(C)CCC#N)ccc21. The largest absolute Gasteiger partial charge is 0.449 e. The summed E-state index contributed by atoms with van der Waals surface area (Å²) in [6.45, 7) is 5.73. The van der Waals surface area contributed by atoms with Crippen LogP contribution in [0, 0.1) is 18.3 Å². The van der Waals surface area contributed by atoms with Crippen molar-refractivity contribution < 1.29 is 14.3 Å². The molecule has 0 saturated heterocycles. The number of hydrogen-bond acceptors (Lipinski definition) is 6. The summed E-state index contributed by atoms with van der Waals surface area (Å²) in [5.74, 6) is -1.03. The van der Waals surface area contributed by atoms with Crippen molar-refractivity contribution in [3.63, 3.8) is 0 Å². The molecule has 2 rings (SSSR count). The van der Waals surface area contributed by atoms with E-state index in [1.807, 2.05) is 13.0 Å². The zero-order chi connectivity index (χ0) is 20.1. The first-order valence-corrected chi connectivity index (χ1v) is 8.64. The fourth-order valence-corrected chi connectivity index (χ4v) is 2.73. The monoisotopic (exact) mass is 370 g/mol. The van der Waals surface area contributed by atoms with Crippen molar-refractivity contribution in [3.8, 4) is 6.07 Å². The second-order valence-corrected chi connectivity index (χ2v) is 6.17. The molecule has 0 bridgehead atoms. The van der Waals surface area contributed by atoms with Crippen molar-refractivity contribution >= 4 is 22.9 Å². The average molecular weight is 370 g/mol. The van der Waals surface area contributed by atoms with Gasteiger partial charge >= 0.3 is 5.97 Å². The molecule has 1 atom stereocenters. The fourth-order valence-electron chi connectivity index (χ4n) is 2.73. The fraction of sp³-hybridized carbons (Fsp3) is 0.421. The Morgan fingerprint density at radius 1 is 1.41 bits per heavy atom. The summed E-state index contributed by atoms with van der Waals surface area (Å²) >= 11 is 0. The van der Waals surface area contributed by atoms with Crippen molar-refractivity contribution in [1.29, 1.82) is 5.26 Å². The lowest BCUT2D eigenvalue weighted by molar-refractivity contribution is -0.138. The average Bonchev–Trinajstić information content (AvgIpc) is 2.65. The van der Waals surface area contributed by atoms with E-state index in [2.05, 4.69) is 4.98 Å².